The Morgan fingerprint density at radius 3 is 2.17 bits per heavy atom. The minimum atomic E-state index is -0.362. The number of nitrogens with one attached hydrogen (secondary N) is 1. The fourth-order valence-corrected chi connectivity index (χ4v) is 3.56. The summed E-state index contributed by atoms with van der Waals surface area (Å²) in [5, 5.41) is 2.84. The second-order valence-corrected chi connectivity index (χ2v) is 8.07. The van der Waals surface area contributed by atoms with Gasteiger partial charge in [0.1, 0.15) is 0 Å². The van der Waals surface area contributed by atoms with E-state index < -0.39 is 0 Å². The first-order chi connectivity index (χ1) is 11.5. The van der Waals surface area contributed by atoms with Crippen LogP contribution in [0.25, 0.3) is 0 Å². The molecule has 0 radical (unpaired) electrons. The molecule has 0 heterocycles. The normalized spacial score (nSPS) is 10.4. The van der Waals surface area contributed by atoms with Crippen molar-refractivity contribution in [3.63, 3.8) is 0 Å². The number of amides is 2. The Labute approximate surface area is 158 Å². The van der Waals surface area contributed by atoms with Crippen molar-refractivity contribution in [2.24, 2.45) is 5.73 Å². The minimum Gasteiger partial charge on any atom is -0.369 e. The summed E-state index contributed by atoms with van der Waals surface area (Å²) in [5.74, 6) is 0.390. The zero-order chi connectivity index (χ0) is 17.4. The topological polar surface area (TPSA) is 72.2 Å². The Morgan fingerprint density at radius 1 is 1.00 bits per heavy atom. The van der Waals surface area contributed by atoms with E-state index in [1.165, 1.54) is 11.8 Å². The summed E-state index contributed by atoms with van der Waals surface area (Å²) in [4.78, 5) is 24.7. The van der Waals surface area contributed by atoms with Crippen LogP contribution in [0.1, 0.15) is 6.42 Å². The molecule has 2 aromatic carbocycles. The molecule has 0 saturated carbocycles. The summed E-state index contributed by atoms with van der Waals surface area (Å²) in [6.07, 6.45) is 0.355. The largest absolute Gasteiger partial charge is 0.369 e. The van der Waals surface area contributed by atoms with Gasteiger partial charge >= 0.3 is 0 Å². The average Bonchev–Trinajstić information content (AvgIpc) is 2.55. The van der Waals surface area contributed by atoms with Crippen LogP contribution in [-0.4, -0.2) is 23.3 Å². The zero-order valence-corrected chi connectivity index (χ0v) is 16.0. The van der Waals surface area contributed by atoms with Crippen molar-refractivity contribution in [3.05, 3.63) is 53.0 Å². The standard InChI is InChI=1S/C17H17BrN2O2S2/c18-12-1-5-14(6-2-12)24-15-7-3-13(4-8-15)20-17(22)9-10-23-11-16(19)21/h1-8H,9-11H2,(H2,19,21)(H,20,22). The molecule has 0 spiro atoms. The number of nitrogens with two attached hydrogens (primary N) is 1. The molecule has 3 N–H and O–H groups in total. The van der Waals surface area contributed by atoms with Crippen LogP contribution < -0.4 is 11.1 Å². The molecular weight excluding hydrogens is 408 g/mol. The summed E-state index contributed by atoms with van der Waals surface area (Å²) >= 11 is 6.44. The molecule has 0 aliphatic heterocycles. The van der Waals surface area contributed by atoms with Crippen LogP contribution in [0.15, 0.2) is 62.8 Å². The van der Waals surface area contributed by atoms with E-state index in [1.807, 2.05) is 48.5 Å². The van der Waals surface area contributed by atoms with Gasteiger partial charge in [-0.1, -0.05) is 27.7 Å². The number of carbonyl (C=O) groups excluding carboxylic acids is 2. The number of primary amides is 1. The number of hydrogen-bond donors (Lipinski definition) is 2. The highest BCUT2D eigenvalue weighted by Crippen LogP contribution is 2.29. The Balaban J connectivity index is 1.80. The lowest BCUT2D eigenvalue weighted by Crippen LogP contribution is -2.15. The zero-order valence-electron chi connectivity index (χ0n) is 12.8. The van der Waals surface area contributed by atoms with Crippen LogP contribution in [0.2, 0.25) is 0 Å². The van der Waals surface area contributed by atoms with Crippen LogP contribution in [0.3, 0.4) is 0 Å². The Kier molecular flexibility index (Phi) is 7.68. The smallest absolute Gasteiger partial charge is 0.227 e. The fraction of sp³-hybridized carbons (Fsp3) is 0.176. The molecule has 0 fully saturated rings. The van der Waals surface area contributed by atoms with Gasteiger partial charge in [-0.05, 0) is 48.5 Å². The molecule has 24 heavy (non-hydrogen) atoms. The highest BCUT2D eigenvalue weighted by molar-refractivity contribution is 9.10. The maximum absolute atomic E-state index is 11.8. The highest BCUT2D eigenvalue weighted by Gasteiger charge is 2.04. The van der Waals surface area contributed by atoms with Crippen molar-refractivity contribution < 1.29 is 9.59 Å². The third kappa shape index (κ3) is 6.98. The van der Waals surface area contributed by atoms with Crippen molar-refractivity contribution in [1.82, 2.24) is 0 Å². The quantitative estimate of drug-likeness (QED) is 0.624. The summed E-state index contributed by atoms with van der Waals surface area (Å²) in [7, 11) is 0. The van der Waals surface area contributed by atoms with Crippen molar-refractivity contribution >= 4 is 57.0 Å². The molecule has 4 nitrogen and oxygen atoms in total. The van der Waals surface area contributed by atoms with Gasteiger partial charge in [-0.3, -0.25) is 9.59 Å². The van der Waals surface area contributed by atoms with E-state index in [1.54, 1.807) is 11.8 Å². The van der Waals surface area contributed by atoms with Gasteiger partial charge in [-0.2, -0.15) is 11.8 Å². The predicted molar refractivity (Wildman–Crippen MR) is 104 cm³/mol. The van der Waals surface area contributed by atoms with Crippen LogP contribution in [-0.2, 0) is 9.59 Å². The monoisotopic (exact) mass is 424 g/mol. The first-order valence-electron chi connectivity index (χ1n) is 7.22. The van der Waals surface area contributed by atoms with E-state index in [2.05, 4.69) is 21.2 Å². The molecule has 0 atom stereocenters. The van der Waals surface area contributed by atoms with Crippen molar-refractivity contribution in [2.45, 2.75) is 16.2 Å². The Hall–Kier alpha value is -1.44. The molecule has 0 saturated heterocycles. The molecule has 2 rings (SSSR count). The average molecular weight is 425 g/mol. The molecular formula is C17H17BrN2O2S2. The van der Waals surface area contributed by atoms with Crippen LogP contribution in [0.4, 0.5) is 5.69 Å². The Bertz CT molecular complexity index is 691. The second kappa shape index (κ2) is 9.76. The highest BCUT2D eigenvalue weighted by atomic mass is 79.9. The SMILES string of the molecule is NC(=O)CSCCC(=O)Nc1ccc(Sc2ccc(Br)cc2)cc1. The first-order valence-corrected chi connectivity index (χ1v) is 9.99. The lowest BCUT2D eigenvalue weighted by Gasteiger charge is -2.07. The molecule has 0 aliphatic carbocycles. The minimum absolute atomic E-state index is 0.0692. The van der Waals surface area contributed by atoms with Gasteiger partial charge in [0.2, 0.25) is 11.8 Å². The third-order valence-electron chi connectivity index (χ3n) is 2.91. The number of benzene rings is 2. The molecule has 0 bridgehead atoms. The predicted octanol–water partition coefficient (Wildman–Crippen LogP) is 4.15. The summed E-state index contributed by atoms with van der Waals surface area (Å²) in [6.45, 7) is 0. The number of rotatable bonds is 8. The number of halogens is 1. The Morgan fingerprint density at radius 2 is 1.58 bits per heavy atom. The van der Waals surface area contributed by atoms with Crippen LogP contribution in [0, 0.1) is 0 Å². The molecule has 0 unspecified atom stereocenters. The van der Waals surface area contributed by atoms with E-state index >= 15 is 0 Å². The van der Waals surface area contributed by atoms with E-state index in [4.69, 9.17) is 5.73 Å². The summed E-state index contributed by atoms with van der Waals surface area (Å²) < 4.78 is 1.05. The maximum atomic E-state index is 11.8. The van der Waals surface area contributed by atoms with E-state index in [9.17, 15) is 9.59 Å². The molecule has 2 amide bonds. The first kappa shape index (κ1) is 18.9. The lowest BCUT2D eigenvalue weighted by atomic mass is 10.3. The number of carbonyl (C=O) groups is 2. The van der Waals surface area contributed by atoms with E-state index in [0.717, 1.165) is 20.0 Å². The van der Waals surface area contributed by atoms with Gasteiger partial charge in [-0.25, -0.2) is 0 Å². The van der Waals surface area contributed by atoms with Gasteiger partial charge in [-0.15, -0.1) is 0 Å². The van der Waals surface area contributed by atoms with Crippen molar-refractivity contribution in [3.8, 4) is 0 Å². The van der Waals surface area contributed by atoms with Crippen LogP contribution in [0.5, 0.6) is 0 Å². The van der Waals surface area contributed by atoms with E-state index in [-0.39, 0.29) is 17.6 Å². The van der Waals surface area contributed by atoms with Gasteiger partial charge in [0.25, 0.3) is 0 Å². The summed E-state index contributed by atoms with van der Waals surface area (Å²) in [5.41, 5.74) is 5.81. The number of hydrogen-bond acceptors (Lipinski definition) is 4. The van der Waals surface area contributed by atoms with Crippen molar-refractivity contribution in [1.29, 1.82) is 0 Å². The summed E-state index contributed by atoms with van der Waals surface area (Å²) in [6, 6.07) is 15.8. The third-order valence-corrected chi connectivity index (χ3v) is 5.43. The molecule has 0 aliphatic rings. The van der Waals surface area contributed by atoms with Gasteiger partial charge in [0.05, 0.1) is 5.75 Å². The van der Waals surface area contributed by atoms with Crippen molar-refractivity contribution in [2.75, 3.05) is 16.8 Å². The van der Waals surface area contributed by atoms with Gasteiger partial charge in [0.15, 0.2) is 0 Å². The number of thioether (sulfide) groups is 1. The molecule has 2 aromatic rings. The number of anilines is 1. The maximum Gasteiger partial charge on any atom is 0.227 e. The molecule has 126 valence electrons. The van der Waals surface area contributed by atoms with Gasteiger partial charge in [0, 0.05) is 32.1 Å². The van der Waals surface area contributed by atoms with Crippen LogP contribution >= 0.6 is 39.5 Å². The van der Waals surface area contributed by atoms with E-state index in [0.29, 0.717) is 12.2 Å². The van der Waals surface area contributed by atoms with Gasteiger partial charge < -0.3 is 11.1 Å². The lowest BCUT2D eigenvalue weighted by molar-refractivity contribution is -0.116. The second-order valence-electron chi connectivity index (χ2n) is 4.90. The fourth-order valence-electron chi connectivity index (χ4n) is 1.81. The molecule has 0 aromatic heterocycles. The molecule has 7 heteroatoms.